The maximum atomic E-state index is 10.9. The van der Waals surface area contributed by atoms with Crippen LogP contribution in [0.2, 0.25) is 0 Å². The molecule has 116 valence electrons. The summed E-state index contributed by atoms with van der Waals surface area (Å²) < 4.78 is 16.2. The molecular weight excluding hydrogens is 282 g/mol. The molecule has 0 bridgehead atoms. The monoisotopic (exact) mass is 301 g/mol. The van der Waals surface area contributed by atoms with E-state index in [-0.39, 0.29) is 5.91 Å². The first-order valence-electron chi connectivity index (χ1n) is 6.94. The predicted molar refractivity (Wildman–Crippen MR) is 84.7 cm³/mol. The molecule has 22 heavy (non-hydrogen) atoms. The highest BCUT2D eigenvalue weighted by atomic mass is 16.5. The highest BCUT2D eigenvalue weighted by Gasteiger charge is 1.98. The van der Waals surface area contributed by atoms with Gasteiger partial charge in [-0.25, -0.2) is 0 Å². The number of rotatable bonds is 7. The molecular formula is C17H19NO4. The number of methoxy groups -OCH3 is 1. The first kappa shape index (κ1) is 15.7. The van der Waals surface area contributed by atoms with Crippen LogP contribution in [0.4, 0.5) is 5.69 Å². The summed E-state index contributed by atoms with van der Waals surface area (Å²) in [7, 11) is 1.63. The molecule has 0 atom stereocenters. The number of hydrogen-bond acceptors (Lipinski definition) is 4. The minimum atomic E-state index is -0.0958. The van der Waals surface area contributed by atoms with Crippen molar-refractivity contribution in [3.05, 3.63) is 48.5 Å². The van der Waals surface area contributed by atoms with Crippen LogP contribution in [-0.2, 0) is 4.79 Å². The summed E-state index contributed by atoms with van der Waals surface area (Å²) in [6.07, 6.45) is 0. The number of nitrogens with one attached hydrogen (secondary N) is 1. The van der Waals surface area contributed by atoms with Crippen LogP contribution >= 0.6 is 0 Å². The number of anilines is 1. The summed E-state index contributed by atoms with van der Waals surface area (Å²) in [6, 6.07) is 14.6. The number of benzene rings is 2. The van der Waals surface area contributed by atoms with Crippen LogP contribution in [0, 0.1) is 0 Å². The molecule has 0 heterocycles. The minimum absolute atomic E-state index is 0.0958. The lowest BCUT2D eigenvalue weighted by molar-refractivity contribution is -0.114. The topological polar surface area (TPSA) is 56.8 Å². The average Bonchev–Trinajstić information content (AvgIpc) is 2.53. The Kier molecular flexibility index (Phi) is 5.65. The largest absolute Gasteiger partial charge is 0.497 e. The third kappa shape index (κ3) is 5.01. The Morgan fingerprint density at radius 1 is 0.864 bits per heavy atom. The van der Waals surface area contributed by atoms with E-state index in [1.165, 1.54) is 6.92 Å². The molecule has 1 amide bonds. The van der Waals surface area contributed by atoms with Crippen molar-refractivity contribution >= 4 is 11.6 Å². The molecule has 0 aliphatic rings. The van der Waals surface area contributed by atoms with Crippen molar-refractivity contribution in [2.45, 2.75) is 6.92 Å². The quantitative estimate of drug-likeness (QED) is 0.798. The van der Waals surface area contributed by atoms with Crippen LogP contribution in [0.25, 0.3) is 0 Å². The zero-order chi connectivity index (χ0) is 15.8. The van der Waals surface area contributed by atoms with Crippen molar-refractivity contribution in [3.8, 4) is 17.2 Å². The third-order valence-corrected chi connectivity index (χ3v) is 2.85. The lowest BCUT2D eigenvalue weighted by Crippen LogP contribution is -2.09. The second kappa shape index (κ2) is 7.93. The molecule has 2 aromatic carbocycles. The normalized spacial score (nSPS) is 9.91. The van der Waals surface area contributed by atoms with E-state index in [2.05, 4.69) is 5.32 Å². The van der Waals surface area contributed by atoms with Crippen molar-refractivity contribution in [2.24, 2.45) is 0 Å². The fraction of sp³-hybridized carbons (Fsp3) is 0.235. The molecule has 1 N–H and O–H groups in total. The van der Waals surface area contributed by atoms with Crippen LogP contribution in [0.3, 0.4) is 0 Å². The van der Waals surface area contributed by atoms with Gasteiger partial charge in [0.15, 0.2) is 0 Å². The van der Waals surface area contributed by atoms with E-state index in [1.54, 1.807) is 31.4 Å². The lowest BCUT2D eigenvalue weighted by atomic mass is 10.3. The number of hydrogen-bond donors (Lipinski definition) is 1. The second-order valence-corrected chi connectivity index (χ2v) is 4.58. The Morgan fingerprint density at radius 3 is 1.77 bits per heavy atom. The Morgan fingerprint density at radius 2 is 1.32 bits per heavy atom. The summed E-state index contributed by atoms with van der Waals surface area (Å²) in [5, 5.41) is 2.70. The highest BCUT2D eigenvalue weighted by Crippen LogP contribution is 2.18. The molecule has 2 rings (SSSR count). The van der Waals surface area contributed by atoms with Gasteiger partial charge in [-0.15, -0.1) is 0 Å². The van der Waals surface area contributed by atoms with E-state index in [9.17, 15) is 4.79 Å². The van der Waals surface area contributed by atoms with Gasteiger partial charge < -0.3 is 19.5 Å². The fourth-order valence-corrected chi connectivity index (χ4v) is 1.83. The molecule has 2 aromatic rings. The Hall–Kier alpha value is -2.69. The second-order valence-electron chi connectivity index (χ2n) is 4.58. The zero-order valence-corrected chi connectivity index (χ0v) is 12.7. The molecule has 0 fully saturated rings. The molecule has 0 radical (unpaired) electrons. The molecule has 0 saturated carbocycles. The van der Waals surface area contributed by atoms with Crippen LogP contribution in [0.5, 0.6) is 17.2 Å². The zero-order valence-electron chi connectivity index (χ0n) is 12.7. The summed E-state index contributed by atoms with van der Waals surface area (Å²) in [4.78, 5) is 10.9. The summed E-state index contributed by atoms with van der Waals surface area (Å²) >= 11 is 0. The predicted octanol–water partition coefficient (Wildman–Crippen LogP) is 3.11. The molecule has 0 spiro atoms. The van der Waals surface area contributed by atoms with Crippen molar-refractivity contribution in [3.63, 3.8) is 0 Å². The number of amides is 1. The maximum Gasteiger partial charge on any atom is 0.221 e. The molecule has 5 heteroatoms. The first-order valence-corrected chi connectivity index (χ1v) is 6.94. The lowest BCUT2D eigenvalue weighted by Gasteiger charge is -2.09. The van der Waals surface area contributed by atoms with Gasteiger partial charge in [0, 0.05) is 12.6 Å². The van der Waals surface area contributed by atoms with Gasteiger partial charge in [0.1, 0.15) is 30.5 Å². The van der Waals surface area contributed by atoms with Crippen LogP contribution < -0.4 is 19.5 Å². The van der Waals surface area contributed by atoms with Crippen molar-refractivity contribution in [1.29, 1.82) is 0 Å². The summed E-state index contributed by atoms with van der Waals surface area (Å²) in [5.74, 6) is 2.20. The standard InChI is InChI=1S/C17H19NO4/c1-13(19)18-14-3-5-16(6-4-14)21-11-12-22-17-9-7-15(20-2)8-10-17/h3-10H,11-12H2,1-2H3,(H,18,19). The SMILES string of the molecule is COc1ccc(OCCOc2ccc(NC(C)=O)cc2)cc1. The summed E-state index contributed by atoms with van der Waals surface area (Å²) in [6.45, 7) is 2.35. The number of carbonyl (C=O) groups excluding carboxylic acids is 1. The molecule has 5 nitrogen and oxygen atoms in total. The summed E-state index contributed by atoms with van der Waals surface area (Å²) in [5.41, 5.74) is 0.745. The van der Waals surface area contributed by atoms with E-state index < -0.39 is 0 Å². The molecule has 0 aliphatic carbocycles. The smallest absolute Gasteiger partial charge is 0.221 e. The van der Waals surface area contributed by atoms with E-state index in [1.807, 2.05) is 24.3 Å². The molecule has 0 unspecified atom stereocenters. The minimum Gasteiger partial charge on any atom is -0.497 e. The van der Waals surface area contributed by atoms with Gasteiger partial charge >= 0.3 is 0 Å². The van der Waals surface area contributed by atoms with E-state index in [0.29, 0.717) is 13.2 Å². The first-order chi connectivity index (χ1) is 10.7. The van der Waals surface area contributed by atoms with Gasteiger partial charge in [-0.2, -0.15) is 0 Å². The van der Waals surface area contributed by atoms with Crippen LogP contribution in [0.15, 0.2) is 48.5 Å². The Labute approximate surface area is 129 Å². The molecule has 0 aromatic heterocycles. The van der Waals surface area contributed by atoms with Crippen LogP contribution in [0.1, 0.15) is 6.92 Å². The highest BCUT2D eigenvalue weighted by molar-refractivity contribution is 5.88. The van der Waals surface area contributed by atoms with Gasteiger partial charge in [0.2, 0.25) is 5.91 Å². The van der Waals surface area contributed by atoms with Crippen LogP contribution in [-0.4, -0.2) is 26.2 Å². The van der Waals surface area contributed by atoms with E-state index in [0.717, 1.165) is 22.9 Å². The van der Waals surface area contributed by atoms with E-state index >= 15 is 0 Å². The van der Waals surface area contributed by atoms with Gasteiger partial charge in [-0.3, -0.25) is 4.79 Å². The van der Waals surface area contributed by atoms with Gasteiger partial charge in [0.25, 0.3) is 0 Å². The van der Waals surface area contributed by atoms with Crippen molar-refractivity contribution in [1.82, 2.24) is 0 Å². The maximum absolute atomic E-state index is 10.9. The average molecular weight is 301 g/mol. The van der Waals surface area contributed by atoms with Gasteiger partial charge in [-0.05, 0) is 48.5 Å². The Bertz CT molecular complexity index is 593. The van der Waals surface area contributed by atoms with Gasteiger partial charge in [0.05, 0.1) is 7.11 Å². The third-order valence-electron chi connectivity index (χ3n) is 2.85. The fourth-order valence-electron chi connectivity index (χ4n) is 1.83. The van der Waals surface area contributed by atoms with Crippen molar-refractivity contribution in [2.75, 3.05) is 25.6 Å². The number of carbonyl (C=O) groups is 1. The number of ether oxygens (including phenoxy) is 3. The van der Waals surface area contributed by atoms with Gasteiger partial charge in [-0.1, -0.05) is 0 Å². The van der Waals surface area contributed by atoms with E-state index in [4.69, 9.17) is 14.2 Å². The van der Waals surface area contributed by atoms with Crippen molar-refractivity contribution < 1.29 is 19.0 Å². The Balaban J connectivity index is 1.72. The molecule has 0 aliphatic heterocycles. The molecule has 0 saturated heterocycles.